The maximum absolute atomic E-state index is 11.7. The summed E-state index contributed by atoms with van der Waals surface area (Å²) in [5.41, 5.74) is 0.541. The molecule has 7 heteroatoms. The quantitative estimate of drug-likeness (QED) is 0.474. The van der Waals surface area contributed by atoms with Crippen molar-refractivity contribution in [1.29, 1.82) is 0 Å². The molecule has 1 heterocycles. The SMILES string of the molecule is COC(=O)C1CCCN1c1cc(OC)cc([N+](=O)[O-])c1. The summed E-state index contributed by atoms with van der Waals surface area (Å²) >= 11 is 0. The molecule has 7 nitrogen and oxygen atoms in total. The van der Waals surface area contributed by atoms with Crippen molar-refractivity contribution in [3.05, 3.63) is 28.3 Å². The number of ether oxygens (including phenoxy) is 2. The van der Waals surface area contributed by atoms with Crippen LogP contribution in [0.4, 0.5) is 11.4 Å². The van der Waals surface area contributed by atoms with Gasteiger partial charge in [-0.05, 0) is 12.8 Å². The summed E-state index contributed by atoms with van der Waals surface area (Å²) in [6.45, 7) is 0.657. The normalized spacial score (nSPS) is 17.9. The van der Waals surface area contributed by atoms with E-state index in [4.69, 9.17) is 9.47 Å². The second-order valence-corrected chi connectivity index (χ2v) is 4.52. The highest BCUT2D eigenvalue weighted by molar-refractivity contribution is 5.81. The molecule has 2 rings (SSSR count). The van der Waals surface area contributed by atoms with Gasteiger partial charge in [-0.3, -0.25) is 10.1 Å². The number of carbonyl (C=O) groups is 1. The van der Waals surface area contributed by atoms with Crippen LogP contribution in [0.5, 0.6) is 5.75 Å². The van der Waals surface area contributed by atoms with Gasteiger partial charge < -0.3 is 14.4 Å². The molecule has 0 amide bonds. The van der Waals surface area contributed by atoms with Crippen molar-refractivity contribution in [2.24, 2.45) is 0 Å². The van der Waals surface area contributed by atoms with E-state index in [2.05, 4.69) is 0 Å². The van der Waals surface area contributed by atoms with Gasteiger partial charge in [0.25, 0.3) is 5.69 Å². The monoisotopic (exact) mass is 280 g/mol. The number of non-ortho nitro benzene ring substituents is 1. The first-order valence-corrected chi connectivity index (χ1v) is 6.24. The second-order valence-electron chi connectivity index (χ2n) is 4.52. The van der Waals surface area contributed by atoms with E-state index < -0.39 is 11.0 Å². The molecule has 1 aliphatic heterocycles. The molecule has 108 valence electrons. The molecule has 0 spiro atoms. The van der Waals surface area contributed by atoms with Crippen molar-refractivity contribution in [3.63, 3.8) is 0 Å². The third-order valence-corrected chi connectivity index (χ3v) is 3.38. The van der Waals surface area contributed by atoms with E-state index in [1.807, 2.05) is 4.90 Å². The minimum atomic E-state index is -0.477. The molecule has 0 saturated carbocycles. The van der Waals surface area contributed by atoms with Crippen molar-refractivity contribution in [3.8, 4) is 5.75 Å². The van der Waals surface area contributed by atoms with E-state index >= 15 is 0 Å². The first-order valence-electron chi connectivity index (χ1n) is 6.24. The Hall–Kier alpha value is -2.31. The number of nitrogens with zero attached hydrogens (tertiary/aromatic N) is 2. The molecular weight excluding hydrogens is 264 g/mol. The van der Waals surface area contributed by atoms with Gasteiger partial charge in [-0.2, -0.15) is 0 Å². The molecule has 1 aromatic rings. The van der Waals surface area contributed by atoms with E-state index in [-0.39, 0.29) is 11.7 Å². The van der Waals surface area contributed by atoms with Crippen molar-refractivity contribution >= 4 is 17.3 Å². The van der Waals surface area contributed by atoms with Crippen LogP contribution in [-0.2, 0) is 9.53 Å². The predicted octanol–water partition coefficient (Wildman–Crippen LogP) is 1.75. The number of hydrogen-bond acceptors (Lipinski definition) is 6. The molecule has 20 heavy (non-hydrogen) atoms. The fourth-order valence-electron chi connectivity index (χ4n) is 2.41. The number of nitro benzene ring substituents is 1. The lowest BCUT2D eigenvalue weighted by molar-refractivity contribution is -0.384. The first kappa shape index (κ1) is 14.1. The maximum atomic E-state index is 11.7. The summed E-state index contributed by atoms with van der Waals surface area (Å²) in [6.07, 6.45) is 1.52. The standard InChI is InChI=1S/C13H16N2O5/c1-19-11-7-9(6-10(8-11)15(17)18)14-5-3-4-12(14)13(16)20-2/h6-8,12H,3-5H2,1-2H3. The van der Waals surface area contributed by atoms with E-state index in [1.165, 1.54) is 26.4 Å². The minimum absolute atomic E-state index is 0.0603. The third kappa shape index (κ3) is 2.66. The summed E-state index contributed by atoms with van der Waals surface area (Å²) in [6, 6.07) is 4.09. The van der Waals surface area contributed by atoms with Crippen LogP contribution in [0.1, 0.15) is 12.8 Å². The van der Waals surface area contributed by atoms with Gasteiger partial charge in [0.15, 0.2) is 0 Å². The summed E-state index contributed by atoms with van der Waals surface area (Å²) < 4.78 is 9.85. The Balaban J connectivity index is 2.38. The highest BCUT2D eigenvalue weighted by Gasteiger charge is 2.32. The van der Waals surface area contributed by atoms with Crippen LogP contribution in [0, 0.1) is 10.1 Å². The number of nitro groups is 1. The number of anilines is 1. The van der Waals surface area contributed by atoms with Gasteiger partial charge in [0.05, 0.1) is 25.2 Å². The zero-order valence-electron chi connectivity index (χ0n) is 11.4. The van der Waals surface area contributed by atoms with Gasteiger partial charge in [-0.15, -0.1) is 0 Å². The Morgan fingerprint density at radius 3 is 2.75 bits per heavy atom. The van der Waals surface area contributed by atoms with Crippen LogP contribution in [0.2, 0.25) is 0 Å². The van der Waals surface area contributed by atoms with Crippen LogP contribution in [0.3, 0.4) is 0 Å². The highest BCUT2D eigenvalue weighted by Crippen LogP contribution is 2.32. The largest absolute Gasteiger partial charge is 0.496 e. The zero-order chi connectivity index (χ0) is 14.7. The van der Waals surface area contributed by atoms with Crippen molar-refractivity contribution in [2.45, 2.75) is 18.9 Å². The molecule has 1 fully saturated rings. The lowest BCUT2D eigenvalue weighted by Gasteiger charge is -2.24. The zero-order valence-corrected chi connectivity index (χ0v) is 11.4. The van der Waals surface area contributed by atoms with E-state index in [9.17, 15) is 14.9 Å². The average Bonchev–Trinajstić information content (AvgIpc) is 2.95. The lowest BCUT2D eigenvalue weighted by atomic mass is 10.2. The summed E-state index contributed by atoms with van der Waals surface area (Å²) in [5.74, 6) is 0.0673. The van der Waals surface area contributed by atoms with Crippen molar-refractivity contribution in [2.75, 3.05) is 25.7 Å². The molecule has 0 N–H and O–H groups in total. The number of carbonyl (C=O) groups excluding carboxylic acids is 1. The number of rotatable bonds is 4. The third-order valence-electron chi connectivity index (χ3n) is 3.38. The summed E-state index contributed by atoms with van der Waals surface area (Å²) in [4.78, 5) is 24.0. The molecule has 0 aromatic heterocycles. The molecule has 0 aliphatic carbocycles. The van der Waals surface area contributed by atoms with Crippen LogP contribution in [0.15, 0.2) is 18.2 Å². The van der Waals surface area contributed by atoms with Gasteiger partial charge in [0.1, 0.15) is 11.8 Å². The number of hydrogen-bond donors (Lipinski definition) is 0. The highest BCUT2D eigenvalue weighted by atomic mass is 16.6. The molecule has 1 aromatic carbocycles. The van der Waals surface area contributed by atoms with E-state index in [0.717, 1.165) is 6.42 Å². The maximum Gasteiger partial charge on any atom is 0.328 e. The Bertz CT molecular complexity index is 531. The molecule has 1 saturated heterocycles. The number of esters is 1. The predicted molar refractivity (Wildman–Crippen MR) is 72.0 cm³/mol. The van der Waals surface area contributed by atoms with Gasteiger partial charge >= 0.3 is 5.97 Å². The fraction of sp³-hybridized carbons (Fsp3) is 0.462. The van der Waals surface area contributed by atoms with Gasteiger partial charge in [-0.25, -0.2) is 4.79 Å². The van der Waals surface area contributed by atoms with Gasteiger partial charge in [-0.1, -0.05) is 0 Å². The summed E-state index contributed by atoms with van der Waals surface area (Å²) in [7, 11) is 2.79. The smallest absolute Gasteiger partial charge is 0.328 e. The fourth-order valence-corrected chi connectivity index (χ4v) is 2.41. The molecular formula is C13H16N2O5. The number of methoxy groups -OCH3 is 2. The summed E-state index contributed by atoms with van der Waals surface area (Å²) in [5, 5.41) is 10.9. The van der Waals surface area contributed by atoms with Crippen LogP contribution < -0.4 is 9.64 Å². The molecule has 1 unspecified atom stereocenters. The van der Waals surface area contributed by atoms with Crippen LogP contribution >= 0.6 is 0 Å². The lowest BCUT2D eigenvalue weighted by Crippen LogP contribution is -2.36. The van der Waals surface area contributed by atoms with Crippen molar-refractivity contribution < 1.29 is 19.2 Å². The number of benzene rings is 1. The van der Waals surface area contributed by atoms with Gasteiger partial charge in [0.2, 0.25) is 0 Å². The Labute approximate surface area is 116 Å². The van der Waals surface area contributed by atoms with Crippen LogP contribution in [-0.4, -0.2) is 37.7 Å². The van der Waals surface area contributed by atoms with E-state index in [0.29, 0.717) is 24.4 Å². The average molecular weight is 280 g/mol. The Kier molecular flexibility index (Phi) is 4.07. The first-order chi connectivity index (χ1) is 9.56. The minimum Gasteiger partial charge on any atom is -0.496 e. The molecule has 1 atom stereocenters. The Morgan fingerprint density at radius 1 is 1.40 bits per heavy atom. The van der Waals surface area contributed by atoms with Crippen molar-refractivity contribution in [1.82, 2.24) is 0 Å². The molecule has 1 aliphatic rings. The van der Waals surface area contributed by atoms with Gasteiger partial charge in [0, 0.05) is 24.4 Å². The van der Waals surface area contributed by atoms with Crippen LogP contribution in [0.25, 0.3) is 0 Å². The Morgan fingerprint density at radius 2 is 2.15 bits per heavy atom. The second kappa shape index (κ2) is 5.77. The molecule has 0 bridgehead atoms. The van der Waals surface area contributed by atoms with E-state index in [1.54, 1.807) is 6.07 Å². The topological polar surface area (TPSA) is 81.9 Å². The molecule has 0 radical (unpaired) electrons.